The molecule has 1 amide bonds. The zero-order valence-electron chi connectivity index (χ0n) is 9.12. The molecule has 2 aliphatic heterocycles. The van der Waals surface area contributed by atoms with Crippen molar-refractivity contribution in [1.29, 1.82) is 0 Å². The monoisotopic (exact) mass is 275 g/mol. The highest BCUT2D eigenvalue weighted by Gasteiger charge is 2.32. The molecular weight excluding hydrogens is 258 g/mol. The van der Waals surface area contributed by atoms with Crippen LogP contribution in [0.15, 0.2) is 0 Å². The summed E-state index contributed by atoms with van der Waals surface area (Å²) in [5, 5.41) is 0. The van der Waals surface area contributed by atoms with E-state index >= 15 is 0 Å². The first kappa shape index (κ1) is 11.4. The van der Waals surface area contributed by atoms with E-state index in [1.807, 2.05) is 4.90 Å². The van der Waals surface area contributed by atoms with Crippen LogP contribution >= 0.6 is 15.9 Å². The van der Waals surface area contributed by atoms with E-state index in [1.54, 1.807) is 0 Å². The molecule has 0 spiro atoms. The van der Waals surface area contributed by atoms with Crippen LogP contribution in [0.3, 0.4) is 0 Å². The number of likely N-dealkylation sites (tertiary alicyclic amines) is 1. The van der Waals surface area contributed by atoms with Gasteiger partial charge in [-0.2, -0.15) is 0 Å². The molecule has 2 saturated heterocycles. The molecule has 0 aromatic carbocycles. The lowest BCUT2D eigenvalue weighted by Gasteiger charge is -2.32. The fourth-order valence-electron chi connectivity index (χ4n) is 2.37. The SMILES string of the molecule is CC1OCCC1CN1CCCC(Br)C1=O. The number of rotatable bonds is 2. The van der Waals surface area contributed by atoms with E-state index < -0.39 is 0 Å². The van der Waals surface area contributed by atoms with Gasteiger partial charge in [-0.1, -0.05) is 15.9 Å². The molecule has 0 bridgehead atoms. The topological polar surface area (TPSA) is 29.5 Å². The van der Waals surface area contributed by atoms with Crippen molar-refractivity contribution < 1.29 is 9.53 Å². The lowest BCUT2D eigenvalue weighted by atomic mass is 10.0. The molecule has 0 saturated carbocycles. The Kier molecular flexibility index (Phi) is 3.67. The fraction of sp³-hybridized carbons (Fsp3) is 0.909. The number of hydrogen-bond donors (Lipinski definition) is 0. The van der Waals surface area contributed by atoms with Crippen molar-refractivity contribution >= 4 is 21.8 Å². The van der Waals surface area contributed by atoms with Gasteiger partial charge in [-0.15, -0.1) is 0 Å². The Morgan fingerprint density at radius 2 is 2.33 bits per heavy atom. The lowest BCUT2D eigenvalue weighted by Crippen LogP contribution is -2.44. The van der Waals surface area contributed by atoms with Crippen molar-refractivity contribution in [2.75, 3.05) is 19.7 Å². The van der Waals surface area contributed by atoms with Gasteiger partial charge in [0.1, 0.15) is 0 Å². The van der Waals surface area contributed by atoms with E-state index in [0.29, 0.717) is 12.0 Å². The second-order valence-electron chi connectivity index (χ2n) is 4.52. The van der Waals surface area contributed by atoms with Gasteiger partial charge < -0.3 is 9.64 Å². The van der Waals surface area contributed by atoms with Gasteiger partial charge in [0.15, 0.2) is 0 Å². The quantitative estimate of drug-likeness (QED) is 0.720. The van der Waals surface area contributed by atoms with Crippen LogP contribution in [-0.4, -0.2) is 41.4 Å². The second kappa shape index (κ2) is 4.83. The van der Waals surface area contributed by atoms with Crippen LogP contribution in [0.2, 0.25) is 0 Å². The predicted octanol–water partition coefficient (Wildman–Crippen LogP) is 1.80. The van der Waals surface area contributed by atoms with Crippen molar-refractivity contribution in [3.8, 4) is 0 Å². The fourth-order valence-corrected chi connectivity index (χ4v) is 2.99. The zero-order valence-corrected chi connectivity index (χ0v) is 10.7. The molecule has 2 aliphatic rings. The van der Waals surface area contributed by atoms with Crippen molar-refractivity contribution in [3.63, 3.8) is 0 Å². The van der Waals surface area contributed by atoms with Gasteiger partial charge >= 0.3 is 0 Å². The van der Waals surface area contributed by atoms with E-state index in [9.17, 15) is 4.79 Å². The summed E-state index contributed by atoms with van der Waals surface area (Å²) in [6.07, 6.45) is 3.50. The number of carbonyl (C=O) groups is 1. The maximum Gasteiger partial charge on any atom is 0.236 e. The first-order valence-electron chi connectivity index (χ1n) is 5.73. The Hall–Kier alpha value is -0.0900. The second-order valence-corrected chi connectivity index (χ2v) is 5.62. The Balaban J connectivity index is 1.90. The van der Waals surface area contributed by atoms with E-state index in [2.05, 4.69) is 22.9 Å². The Bertz CT molecular complexity index is 247. The van der Waals surface area contributed by atoms with Crippen molar-refractivity contribution in [2.24, 2.45) is 5.92 Å². The molecule has 2 fully saturated rings. The summed E-state index contributed by atoms with van der Waals surface area (Å²) < 4.78 is 5.52. The highest BCUT2D eigenvalue weighted by atomic mass is 79.9. The average Bonchev–Trinajstić information content (AvgIpc) is 2.60. The minimum absolute atomic E-state index is 0.0453. The number of alkyl halides is 1. The molecule has 3 atom stereocenters. The standard InChI is InChI=1S/C11H18BrNO2/c1-8-9(4-6-15-8)7-13-5-2-3-10(12)11(13)14/h8-10H,2-7H2,1H3. The molecule has 2 heterocycles. The van der Waals surface area contributed by atoms with Gasteiger partial charge in [-0.3, -0.25) is 4.79 Å². The van der Waals surface area contributed by atoms with Crippen LogP contribution < -0.4 is 0 Å². The van der Waals surface area contributed by atoms with Crippen molar-refractivity contribution in [1.82, 2.24) is 4.90 Å². The number of carbonyl (C=O) groups excluding carboxylic acids is 1. The number of ether oxygens (including phenoxy) is 1. The smallest absolute Gasteiger partial charge is 0.236 e. The maximum absolute atomic E-state index is 11.9. The van der Waals surface area contributed by atoms with Crippen LogP contribution in [0.25, 0.3) is 0 Å². The summed E-state index contributed by atoms with van der Waals surface area (Å²) in [6.45, 7) is 4.76. The zero-order chi connectivity index (χ0) is 10.8. The van der Waals surface area contributed by atoms with Crippen molar-refractivity contribution in [3.05, 3.63) is 0 Å². The summed E-state index contributed by atoms with van der Waals surface area (Å²) in [5.74, 6) is 0.798. The highest BCUT2D eigenvalue weighted by Crippen LogP contribution is 2.25. The summed E-state index contributed by atoms with van der Waals surface area (Å²) in [4.78, 5) is 13.9. The Morgan fingerprint density at radius 1 is 1.53 bits per heavy atom. The minimum Gasteiger partial charge on any atom is -0.378 e. The van der Waals surface area contributed by atoms with Crippen molar-refractivity contribution in [2.45, 2.75) is 37.1 Å². The van der Waals surface area contributed by atoms with E-state index in [4.69, 9.17) is 4.74 Å². The number of piperidine rings is 1. The van der Waals surface area contributed by atoms with Gasteiger partial charge in [-0.25, -0.2) is 0 Å². The van der Waals surface area contributed by atoms with Gasteiger partial charge in [0.25, 0.3) is 0 Å². The van der Waals surface area contributed by atoms with E-state index in [-0.39, 0.29) is 10.7 Å². The maximum atomic E-state index is 11.9. The van der Waals surface area contributed by atoms with Gasteiger partial charge in [0, 0.05) is 25.6 Å². The molecule has 0 aromatic rings. The lowest BCUT2D eigenvalue weighted by molar-refractivity contribution is -0.133. The van der Waals surface area contributed by atoms with Crippen LogP contribution in [-0.2, 0) is 9.53 Å². The van der Waals surface area contributed by atoms with Crippen LogP contribution in [0.5, 0.6) is 0 Å². The van der Waals surface area contributed by atoms with E-state index in [1.165, 1.54) is 0 Å². The average molecular weight is 276 g/mol. The van der Waals surface area contributed by atoms with Gasteiger partial charge in [-0.05, 0) is 26.2 Å². The predicted molar refractivity (Wildman–Crippen MR) is 62.1 cm³/mol. The molecule has 3 unspecified atom stereocenters. The summed E-state index contributed by atoms with van der Waals surface area (Å²) >= 11 is 3.44. The molecule has 0 aliphatic carbocycles. The molecule has 4 heteroatoms. The van der Waals surface area contributed by atoms with Crippen LogP contribution in [0, 0.1) is 5.92 Å². The molecule has 3 nitrogen and oxygen atoms in total. The normalized spacial score (nSPS) is 37.3. The third-order valence-electron chi connectivity index (χ3n) is 3.45. The summed E-state index contributed by atoms with van der Waals surface area (Å²) in [7, 11) is 0. The molecule has 0 radical (unpaired) electrons. The number of amides is 1. The first-order chi connectivity index (χ1) is 7.18. The molecule has 0 aromatic heterocycles. The van der Waals surface area contributed by atoms with Crippen LogP contribution in [0.1, 0.15) is 26.2 Å². The van der Waals surface area contributed by atoms with Crippen LogP contribution in [0.4, 0.5) is 0 Å². The summed E-state index contributed by atoms with van der Waals surface area (Å²) in [6, 6.07) is 0. The van der Waals surface area contributed by atoms with E-state index in [0.717, 1.165) is 39.0 Å². The number of nitrogens with zero attached hydrogens (tertiary/aromatic N) is 1. The highest BCUT2D eigenvalue weighted by molar-refractivity contribution is 9.10. The molecular formula is C11H18BrNO2. The minimum atomic E-state index is 0.0453. The Labute approximate surface area is 99.3 Å². The summed E-state index contributed by atoms with van der Waals surface area (Å²) in [5.41, 5.74) is 0. The largest absolute Gasteiger partial charge is 0.378 e. The number of halogens is 1. The first-order valence-corrected chi connectivity index (χ1v) is 6.64. The van der Waals surface area contributed by atoms with Gasteiger partial charge in [0.05, 0.1) is 10.9 Å². The molecule has 2 rings (SSSR count). The third kappa shape index (κ3) is 2.53. The third-order valence-corrected chi connectivity index (χ3v) is 4.30. The molecule has 15 heavy (non-hydrogen) atoms. The molecule has 86 valence electrons. The Morgan fingerprint density at radius 3 is 3.00 bits per heavy atom. The molecule has 0 N–H and O–H groups in total. The van der Waals surface area contributed by atoms with Gasteiger partial charge in [0.2, 0.25) is 5.91 Å². The number of hydrogen-bond acceptors (Lipinski definition) is 2.